The van der Waals surface area contributed by atoms with Crippen molar-refractivity contribution in [1.29, 1.82) is 0 Å². The number of halogens is 1. The Morgan fingerprint density at radius 3 is 2.39 bits per heavy atom. The molecule has 1 amide bonds. The molecule has 0 bridgehead atoms. The van der Waals surface area contributed by atoms with Gasteiger partial charge in [-0.2, -0.15) is 10.2 Å². The van der Waals surface area contributed by atoms with Crippen LogP contribution in [-0.4, -0.2) is 37.4 Å². The lowest BCUT2D eigenvalue weighted by atomic mass is 10.1. The summed E-state index contributed by atoms with van der Waals surface area (Å²) in [6.07, 6.45) is 3.30. The molecule has 206 valence electrons. The smallest absolute Gasteiger partial charge is 0.271 e. The second kappa shape index (κ2) is 12.1. The number of nitrogens with one attached hydrogen (secondary N) is 2. The van der Waals surface area contributed by atoms with E-state index in [9.17, 15) is 13.2 Å². The van der Waals surface area contributed by atoms with Crippen molar-refractivity contribution in [3.05, 3.63) is 125 Å². The predicted molar refractivity (Wildman–Crippen MR) is 159 cm³/mol. The quantitative estimate of drug-likeness (QED) is 0.168. The number of aromatic nitrogens is 2. The number of para-hydroxylation sites is 1. The van der Waals surface area contributed by atoms with Crippen LogP contribution >= 0.6 is 11.6 Å². The lowest BCUT2D eigenvalue weighted by molar-refractivity contribution is 0.0955. The van der Waals surface area contributed by atoms with Gasteiger partial charge in [0, 0.05) is 33.6 Å². The maximum Gasteiger partial charge on any atom is 0.271 e. The zero-order chi connectivity index (χ0) is 28.8. The fourth-order valence-electron chi connectivity index (χ4n) is 3.93. The second-order valence-corrected chi connectivity index (χ2v) is 10.9. The summed E-state index contributed by atoms with van der Waals surface area (Å²) in [5.74, 6) is 0.137. The van der Waals surface area contributed by atoms with Crippen molar-refractivity contribution in [2.45, 2.75) is 4.90 Å². The minimum Gasteiger partial charge on any atom is -0.497 e. The molecule has 4 aromatic carbocycles. The van der Waals surface area contributed by atoms with Gasteiger partial charge in [0.25, 0.3) is 15.9 Å². The lowest BCUT2D eigenvalue weighted by Gasteiger charge is -2.09. The highest BCUT2D eigenvalue weighted by molar-refractivity contribution is 7.92. The van der Waals surface area contributed by atoms with Crippen LogP contribution in [0.5, 0.6) is 5.75 Å². The maximum absolute atomic E-state index is 12.9. The van der Waals surface area contributed by atoms with Gasteiger partial charge in [-0.3, -0.25) is 9.52 Å². The van der Waals surface area contributed by atoms with Gasteiger partial charge in [0.1, 0.15) is 11.4 Å². The molecule has 41 heavy (non-hydrogen) atoms. The number of hydrazone groups is 1. The predicted octanol–water partition coefficient (Wildman–Crippen LogP) is 5.77. The molecule has 2 N–H and O–H groups in total. The monoisotopic (exact) mass is 585 g/mol. The number of carbonyl (C=O) groups is 1. The Morgan fingerprint density at radius 1 is 0.951 bits per heavy atom. The first-order valence-corrected chi connectivity index (χ1v) is 14.2. The molecule has 0 saturated carbocycles. The van der Waals surface area contributed by atoms with Crippen LogP contribution in [0.3, 0.4) is 0 Å². The van der Waals surface area contributed by atoms with E-state index in [2.05, 4.69) is 15.2 Å². The van der Waals surface area contributed by atoms with Crippen molar-refractivity contribution in [3.8, 4) is 22.7 Å². The van der Waals surface area contributed by atoms with Crippen molar-refractivity contribution in [3.63, 3.8) is 0 Å². The molecule has 0 radical (unpaired) electrons. The number of anilines is 1. The highest BCUT2D eigenvalue weighted by Gasteiger charge is 2.17. The first-order valence-electron chi connectivity index (χ1n) is 12.3. The number of hydrogen-bond donors (Lipinski definition) is 2. The Morgan fingerprint density at radius 2 is 1.68 bits per heavy atom. The molecular weight excluding hydrogens is 562 g/mol. The molecule has 9 nitrogen and oxygen atoms in total. The molecule has 0 aliphatic heterocycles. The van der Waals surface area contributed by atoms with Crippen molar-refractivity contribution in [2.24, 2.45) is 5.10 Å². The summed E-state index contributed by atoms with van der Waals surface area (Å²) < 4.78 is 35.2. The summed E-state index contributed by atoms with van der Waals surface area (Å²) in [6, 6.07) is 29.0. The number of nitrogens with zero attached hydrogens (tertiary/aromatic N) is 3. The van der Waals surface area contributed by atoms with Gasteiger partial charge in [0.2, 0.25) is 0 Å². The molecule has 11 heteroatoms. The van der Waals surface area contributed by atoms with Crippen molar-refractivity contribution in [2.75, 3.05) is 11.8 Å². The van der Waals surface area contributed by atoms with E-state index in [0.717, 1.165) is 11.3 Å². The Balaban J connectivity index is 1.36. The SMILES string of the molecule is COc1ccc(-c2nn(-c3ccccc3)cc2C=NNC(=O)c2cccc(S(=O)(=O)Nc3ccc(Cl)cc3)c2)cc1. The molecule has 1 heterocycles. The van der Waals surface area contributed by atoms with Gasteiger partial charge in [0.15, 0.2) is 0 Å². The van der Waals surface area contributed by atoms with Crippen molar-refractivity contribution < 1.29 is 17.9 Å². The van der Waals surface area contributed by atoms with Crippen LogP contribution < -0.4 is 14.9 Å². The Kier molecular flexibility index (Phi) is 8.14. The third-order valence-corrected chi connectivity index (χ3v) is 7.63. The van der Waals surface area contributed by atoms with Crippen LogP contribution in [0, 0.1) is 0 Å². The van der Waals surface area contributed by atoms with Crippen LogP contribution in [0.2, 0.25) is 5.02 Å². The third kappa shape index (κ3) is 6.63. The molecule has 0 spiro atoms. The summed E-state index contributed by atoms with van der Waals surface area (Å²) in [6.45, 7) is 0. The van der Waals surface area contributed by atoms with Crippen LogP contribution in [0.25, 0.3) is 16.9 Å². The number of carbonyl (C=O) groups excluding carboxylic acids is 1. The van der Waals surface area contributed by atoms with E-state index in [0.29, 0.717) is 27.7 Å². The van der Waals surface area contributed by atoms with E-state index >= 15 is 0 Å². The number of amides is 1. The van der Waals surface area contributed by atoms with E-state index in [4.69, 9.17) is 21.4 Å². The number of benzene rings is 4. The number of sulfonamides is 1. The van der Waals surface area contributed by atoms with Gasteiger partial charge in [-0.15, -0.1) is 0 Å². The van der Waals surface area contributed by atoms with E-state index in [-0.39, 0.29) is 10.5 Å². The average molecular weight is 586 g/mol. The van der Waals surface area contributed by atoms with E-state index < -0.39 is 15.9 Å². The Labute approximate surface area is 242 Å². The van der Waals surface area contributed by atoms with Crippen molar-refractivity contribution in [1.82, 2.24) is 15.2 Å². The number of ether oxygens (including phenoxy) is 1. The summed E-state index contributed by atoms with van der Waals surface area (Å²) >= 11 is 5.87. The molecular formula is C30H24ClN5O4S. The zero-order valence-corrected chi connectivity index (χ0v) is 23.3. The van der Waals surface area contributed by atoms with Gasteiger partial charge < -0.3 is 4.74 Å². The summed E-state index contributed by atoms with van der Waals surface area (Å²) in [4.78, 5) is 12.8. The van der Waals surface area contributed by atoms with Crippen molar-refractivity contribution >= 4 is 39.4 Å². The van der Waals surface area contributed by atoms with Gasteiger partial charge in [0.05, 0.1) is 23.9 Å². The summed E-state index contributed by atoms with van der Waals surface area (Å²) in [5.41, 5.74) is 5.93. The minimum atomic E-state index is -3.94. The van der Waals surface area contributed by atoms with Crippen LogP contribution in [-0.2, 0) is 10.0 Å². The molecule has 0 aliphatic carbocycles. The topological polar surface area (TPSA) is 115 Å². The molecule has 0 aliphatic rings. The average Bonchev–Trinajstić information content (AvgIpc) is 3.43. The summed E-state index contributed by atoms with van der Waals surface area (Å²) in [5, 5.41) is 9.35. The van der Waals surface area contributed by atoms with Gasteiger partial charge in [-0.25, -0.2) is 18.5 Å². The first-order chi connectivity index (χ1) is 19.8. The van der Waals surface area contributed by atoms with Gasteiger partial charge in [-0.1, -0.05) is 35.9 Å². The largest absolute Gasteiger partial charge is 0.497 e. The van der Waals surface area contributed by atoms with Gasteiger partial charge in [-0.05, 0) is 78.9 Å². The van der Waals surface area contributed by atoms with Gasteiger partial charge >= 0.3 is 0 Å². The maximum atomic E-state index is 12.9. The third-order valence-electron chi connectivity index (χ3n) is 6.00. The Bertz CT molecular complexity index is 1800. The highest BCUT2D eigenvalue weighted by Crippen LogP contribution is 2.25. The highest BCUT2D eigenvalue weighted by atomic mass is 35.5. The molecule has 0 atom stereocenters. The lowest BCUT2D eigenvalue weighted by Crippen LogP contribution is -2.19. The second-order valence-electron chi connectivity index (χ2n) is 8.78. The molecule has 5 aromatic rings. The Hall–Kier alpha value is -4.93. The first kappa shape index (κ1) is 27.6. The number of hydrogen-bond acceptors (Lipinski definition) is 6. The fourth-order valence-corrected chi connectivity index (χ4v) is 5.16. The normalized spacial score (nSPS) is 11.4. The number of methoxy groups -OCH3 is 1. The minimum absolute atomic E-state index is 0.0741. The number of rotatable bonds is 9. The van der Waals surface area contributed by atoms with Crippen LogP contribution in [0.1, 0.15) is 15.9 Å². The molecule has 0 fully saturated rings. The standard InChI is InChI=1S/C30H24ClN5O4S/c1-40-27-16-10-21(11-17-27)29-23(20-36(34-29)26-7-3-2-4-8-26)19-32-33-30(37)22-6-5-9-28(18-22)41(38,39)35-25-14-12-24(31)13-15-25/h2-20,35H,1H3,(H,33,37). The van der Waals surface area contributed by atoms with E-state index in [1.54, 1.807) is 42.3 Å². The molecule has 1 aromatic heterocycles. The van der Waals surface area contributed by atoms with Crippen LogP contribution in [0.15, 0.2) is 119 Å². The fraction of sp³-hybridized carbons (Fsp3) is 0.0333. The molecule has 0 unspecified atom stereocenters. The van der Waals surface area contributed by atoms with Crippen LogP contribution in [0.4, 0.5) is 5.69 Å². The molecule has 0 saturated heterocycles. The zero-order valence-electron chi connectivity index (χ0n) is 21.7. The summed E-state index contributed by atoms with van der Waals surface area (Å²) in [7, 11) is -2.34. The van der Waals surface area contributed by atoms with E-state index in [1.165, 1.54) is 30.5 Å². The van der Waals surface area contributed by atoms with E-state index in [1.807, 2.05) is 54.6 Å². The molecule has 5 rings (SSSR count).